The molecule has 1 aromatic heterocycles. The van der Waals surface area contributed by atoms with Crippen molar-refractivity contribution >= 4 is 22.6 Å². The Morgan fingerprint density at radius 1 is 0.894 bits per heavy atom. The molecule has 0 spiro atoms. The molecule has 1 aliphatic heterocycles. The standard InChI is InChI=1S/C38H40N4O5/c1-24-34(22-42(3)25(2)35(44)27-9-5-4-6-10-27)46-38(47-36(24)28-15-13-26(23-43)14-16-28)29-17-19-30(20-18-29)40-37(45)33-21-39-31-11-7-8-12-32(31)41-33/h4-21,24-25,34-36,38,43-44H,22-23H2,1-3H3,(H,40,45)/t24-,25-,34+,35-,36+,38+/m1/s1. The Morgan fingerprint density at radius 2 is 1.55 bits per heavy atom. The van der Waals surface area contributed by atoms with Crippen LogP contribution < -0.4 is 5.32 Å². The third kappa shape index (κ3) is 7.40. The van der Waals surface area contributed by atoms with E-state index in [4.69, 9.17) is 9.47 Å². The molecule has 6 rings (SSSR count). The van der Waals surface area contributed by atoms with Gasteiger partial charge in [0.05, 0.1) is 42.1 Å². The number of ether oxygens (including phenoxy) is 2. The van der Waals surface area contributed by atoms with E-state index < -0.39 is 12.4 Å². The van der Waals surface area contributed by atoms with E-state index >= 15 is 0 Å². The maximum absolute atomic E-state index is 13.0. The number of rotatable bonds is 10. The van der Waals surface area contributed by atoms with Gasteiger partial charge < -0.3 is 25.0 Å². The minimum atomic E-state index is -0.669. The van der Waals surface area contributed by atoms with E-state index in [0.717, 1.165) is 27.8 Å². The average Bonchev–Trinajstić information content (AvgIpc) is 3.12. The van der Waals surface area contributed by atoms with Crippen LogP contribution in [0.15, 0.2) is 109 Å². The molecule has 1 saturated heterocycles. The molecular formula is C38H40N4O5. The number of benzene rings is 4. The van der Waals surface area contributed by atoms with E-state index in [1.807, 2.05) is 117 Å². The van der Waals surface area contributed by atoms with E-state index in [-0.39, 0.29) is 42.4 Å². The zero-order valence-corrected chi connectivity index (χ0v) is 26.7. The molecule has 1 amide bonds. The minimum Gasteiger partial charge on any atom is -0.392 e. The summed E-state index contributed by atoms with van der Waals surface area (Å²) in [6.07, 6.45) is -0.353. The van der Waals surface area contributed by atoms with Crippen molar-refractivity contribution in [3.05, 3.63) is 137 Å². The Labute approximate surface area is 274 Å². The summed E-state index contributed by atoms with van der Waals surface area (Å²) < 4.78 is 13.2. The van der Waals surface area contributed by atoms with Crippen molar-refractivity contribution in [2.75, 3.05) is 18.9 Å². The van der Waals surface area contributed by atoms with Gasteiger partial charge in [-0.3, -0.25) is 14.7 Å². The van der Waals surface area contributed by atoms with E-state index in [0.29, 0.717) is 17.7 Å². The lowest BCUT2D eigenvalue weighted by molar-refractivity contribution is -0.276. The van der Waals surface area contributed by atoms with Crippen molar-refractivity contribution in [1.82, 2.24) is 14.9 Å². The average molecular weight is 633 g/mol. The predicted molar refractivity (Wildman–Crippen MR) is 180 cm³/mol. The fourth-order valence-corrected chi connectivity index (χ4v) is 5.93. The fraction of sp³-hybridized carbons (Fsp3) is 0.289. The summed E-state index contributed by atoms with van der Waals surface area (Å²) in [6, 6.07) is 32.1. The van der Waals surface area contributed by atoms with Crippen LogP contribution in [0.5, 0.6) is 0 Å². The maximum Gasteiger partial charge on any atom is 0.275 e. The molecule has 1 aliphatic rings. The summed E-state index contributed by atoms with van der Waals surface area (Å²) in [7, 11) is 2.00. The summed E-state index contributed by atoms with van der Waals surface area (Å²) >= 11 is 0. The van der Waals surface area contributed by atoms with Gasteiger partial charge in [0.2, 0.25) is 0 Å². The number of hydrogen-bond acceptors (Lipinski definition) is 8. The van der Waals surface area contributed by atoms with Crippen molar-refractivity contribution in [2.45, 2.75) is 51.1 Å². The first-order valence-electron chi connectivity index (χ1n) is 15.9. The number of nitrogens with zero attached hydrogens (tertiary/aromatic N) is 3. The van der Waals surface area contributed by atoms with Gasteiger partial charge in [0.15, 0.2) is 6.29 Å². The fourth-order valence-electron chi connectivity index (χ4n) is 5.93. The molecule has 0 saturated carbocycles. The van der Waals surface area contributed by atoms with Gasteiger partial charge in [-0.05, 0) is 54.9 Å². The van der Waals surface area contributed by atoms with E-state index in [9.17, 15) is 15.0 Å². The third-order valence-corrected chi connectivity index (χ3v) is 9.01. The number of hydrogen-bond donors (Lipinski definition) is 3. The minimum absolute atomic E-state index is 0.0173. The van der Waals surface area contributed by atoms with E-state index in [1.165, 1.54) is 6.20 Å². The van der Waals surface area contributed by atoms with Crippen LogP contribution in [0.2, 0.25) is 0 Å². The van der Waals surface area contributed by atoms with Crippen LogP contribution in [0.25, 0.3) is 11.0 Å². The van der Waals surface area contributed by atoms with Gasteiger partial charge in [-0.15, -0.1) is 0 Å². The zero-order valence-electron chi connectivity index (χ0n) is 26.7. The molecule has 9 nitrogen and oxygen atoms in total. The number of amides is 1. The molecule has 9 heteroatoms. The highest BCUT2D eigenvalue weighted by molar-refractivity contribution is 6.03. The van der Waals surface area contributed by atoms with Crippen LogP contribution in [-0.4, -0.2) is 56.7 Å². The second kappa shape index (κ2) is 14.5. The largest absolute Gasteiger partial charge is 0.392 e. The van der Waals surface area contributed by atoms with Crippen molar-refractivity contribution in [2.24, 2.45) is 5.92 Å². The number of likely N-dealkylation sites (N-methyl/N-ethyl adjacent to an activating group) is 1. The first-order chi connectivity index (χ1) is 22.8. The molecule has 0 aliphatic carbocycles. The topological polar surface area (TPSA) is 117 Å². The Balaban J connectivity index is 1.20. The van der Waals surface area contributed by atoms with Gasteiger partial charge >= 0.3 is 0 Å². The molecule has 5 aromatic rings. The molecule has 2 heterocycles. The van der Waals surface area contributed by atoms with Crippen LogP contribution in [0.3, 0.4) is 0 Å². The second-order valence-corrected chi connectivity index (χ2v) is 12.2. The van der Waals surface area contributed by atoms with Gasteiger partial charge in [-0.1, -0.05) is 85.8 Å². The first-order valence-corrected chi connectivity index (χ1v) is 15.9. The highest BCUT2D eigenvalue weighted by Crippen LogP contribution is 2.42. The first kappa shape index (κ1) is 32.4. The number of aliphatic hydroxyl groups is 2. The molecule has 0 bridgehead atoms. The van der Waals surface area contributed by atoms with Gasteiger partial charge in [0.1, 0.15) is 5.69 Å². The van der Waals surface area contributed by atoms with Gasteiger partial charge in [0, 0.05) is 29.8 Å². The normalized spacial score (nSPS) is 21.0. The summed E-state index contributed by atoms with van der Waals surface area (Å²) in [4.78, 5) is 23.9. The van der Waals surface area contributed by atoms with Gasteiger partial charge in [-0.25, -0.2) is 4.98 Å². The predicted octanol–water partition coefficient (Wildman–Crippen LogP) is 6.22. The van der Waals surface area contributed by atoms with Crippen LogP contribution in [0.1, 0.15) is 65.1 Å². The molecular weight excluding hydrogens is 592 g/mol. The Morgan fingerprint density at radius 3 is 2.26 bits per heavy atom. The lowest BCUT2D eigenvalue weighted by Gasteiger charge is -2.43. The summed E-state index contributed by atoms with van der Waals surface area (Å²) in [5, 5.41) is 23.6. The van der Waals surface area contributed by atoms with Crippen molar-refractivity contribution in [1.29, 1.82) is 0 Å². The Kier molecular flexibility index (Phi) is 10.0. The smallest absolute Gasteiger partial charge is 0.275 e. The lowest BCUT2D eigenvalue weighted by atomic mass is 9.89. The summed E-state index contributed by atoms with van der Waals surface area (Å²) in [5.74, 6) is -0.368. The van der Waals surface area contributed by atoms with Crippen molar-refractivity contribution < 1.29 is 24.5 Å². The van der Waals surface area contributed by atoms with E-state index in [1.54, 1.807) is 0 Å². The van der Waals surface area contributed by atoms with Crippen LogP contribution in [0, 0.1) is 5.92 Å². The number of para-hydroxylation sites is 2. The van der Waals surface area contributed by atoms with Crippen molar-refractivity contribution in [3.63, 3.8) is 0 Å². The third-order valence-electron chi connectivity index (χ3n) is 9.01. The molecule has 0 radical (unpaired) electrons. The highest BCUT2D eigenvalue weighted by atomic mass is 16.7. The SMILES string of the molecule is C[C@@H]1[C@H](CN(C)[C@H](C)[C@@H](O)c2ccccc2)O[C@H](c2ccc(NC(=O)c3cnc4ccccc4n3)cc2)O[C@@H]1c1ccc(CO)cc1. The molecule has 4 aromatic carbocycles. The van der Waals surface area contributed by atoms with Gasteiger partial charge in [0.25, 0.3) is 5.91 Å². The number of fused-ring (bicyclic) bond motifs is 1. The van der Waals surface area contributed by atoms with Gasteiger partial charge in [-0.2, -0.15) is 0 Å². The highest BCUT2D eigenvalue weighted by Gasteiger charge is 2.39. The number of aromatic nitrogens is 2. The molecule has 1 fully saturated rings. The number of aliphatic hydroxyl groups excluding tert-OH is 2. The summed E-state index contributed by atoms with van der Waals surface area (Å²) in [5.41, 5.74) is 5.72. The van der Waals surface area contributed by atoms with E-state index in [2.05, 4.69) is 27.1 Å². The second-order valence-electron chi connectivity index (χ2n) is 12.2. The Bertz CT molecular complexity index is 1780. The number of carbonyl (C=O) groups excluding carboxylic acids is 1. The molecule has 47 heavy (non-hydrogen) atoms. The number of nitrogens with one attached hydrogen (secondary N) is 1. The quantitative estimate of drug-likeness (QED) is 0.166. The molecule has 6 atom stereocenters. The zero-order chi connectivity index (χ0) is 32.9. The monoisotopic (exact) mass is 632 g/mol. The molecule has 3 N–H and O–H groups in total. The van der Waals surface area contributed by atoms with Crippen LogP contribution >= 0.6 is 0 Å². The Hall–Kier alpha value is -4.51. The summed E-state index contributed by atoms with van der Waals surface area (Å²) in [6.45, 7) is 4.67. The van der Waals surface area contributed by atoms with Crippen molar-refractivity contribution in [3.8, 4) is 0 Å². The maximum atomic E-state index is 13.0. The molecule has 242 valence electrons. The van der Waals surface area contributed by atoms with Crippen LogP contribution in [0.4, 0.5) is 5.69 Å². The lowest BCUT2D eigenvalue weighted by Crippen LogP contribution is -2.46. The molecule has 0 unspecified atom stereocenters. The number of carbonyl (C=O) groups is 1. The number of anilines is 1. The van der Waals surface area contributed by atoms with Crippen LogP contribution in [-0.2, 0) is 16.1 Å².